The van der Waals surface area contributed by atoms with Gasteiger partial charge in [0.25, 0.3) is 0 Å². The van der Waals surface area contributed by atoms with Gasteiger partial charge in [0.05, 0.1) is 24.9 Å². The maximum absolute atomic E-state index is 14.3. The van der Waals surface area contributed by atoms with E-state index in [-0.39, 0.29) is 30.8 Å². The highest BCUT2D eigenvalue weighted by atomic mass is 32.1. The molecule has 1 aliphatic carbocycles. The third kappa shape index (κ3) is 6.49. The molecule has 3 aromatic carbocycles. The molecule has 2 unspecified atom stereocenters. The van der Waals surface area contributed by atoms with Crippen LogP contribution < -0.4 is 10.1 Å². The van der Waals surface area contributed by atoms with E-state index in [2.05, 4.69) is 27.8 Å². The van der Waals surface area contributed by atoms with Crippen LogP contribution in [0, 0.1) is 5.92 Å². The first-order valence-electron chi connectivity index (χ1n) is 14.3. The van der Waals surface area contributed by atoms with Crippen molar-refractivity contribution in [3.05, 3.63) is 101 Å². The van der Waals surface area contributed by atoms with Crippen LogP contribution in [0.5, 0.6) is 5.75 Å². The lowest BCUT2D eigenvalue weighted by Gasteiger charge is -2.36. The number of nitrogens with zero attached hydrogens (tertiary/aromatic N) is 5. The first-order chi connectivity index (χ1) is 21.1. The molecule has 2 atom stereocenters. The van der Waals surface area contributed by atoms with Crippen molar-refractivity contribution in [2.24, 2.45) is 5.92 Å². The lowest BCUT2D eigenvalue weighted by molar-refractivity contribution is -0.142. The largest absolute Gasteiger partial charge is 0.497 e. The van der Waals surface area contributed by atoms with Gasteiger partial charge in [0, 0.05) is 16.6 Å². The van der Waals surface area contributed by atoms with E-state index >= 15 is 0 Å². The molecule has 0 aliphatic heterocycles. The number of methoxy groups -OCH3 is 1. The second kappa shape index (κ2) is 13.0. The molecule has 0 fully saturated rings. The van der Waals surface area contributed by atoms with Crippen LogP contribution in [0.1, 0.15) is 24.3 Å². The summed E-state index contributed by atoms with van der Waals surface area (Å²) in [6, 6.07) is 23.9. The maximum atomic E-state index is 14.3. The van der Waals surface area contributed by atoms with Crippen LogP contribution in [0.2, 0.25) is 0 Å². The number of anilines is 1. The molecule has 43 heavy (non-hydrogen) atoms. The monoisotopic (exact) mass is 592 g/mol. The molecule has 0 saturated carbocycles. The molecule has 9 nitrogen and oxygen atoms in total. The summed E-state index contributed by atoms with van der Waals surface area (Å²) in [5.74, 6) is 0.175. The number of ether oxygens (including phenoxy) is 1. The van der Waals surface area contributed by atoms with Crippen LogP contribution in [0.4, 0.5) is 5.69 Å². The smallest absolute Gasteiger partial charge is 0.247 e. The van der Waals surface area contributed by atoms with Crippen LogP contribution in [0.15, 0.2) is 96.4 Å². The normalized spacial score (nSPS) is 15.2. The van der Waals surface area contributed by atoms with E-state index in [1.807, 2.05) is 60.0 Å². The van der Waals surface area contributed by atoms with E-state index in [1.165, 1.54) is 11.3 Å². The number of rotatable bonds is 10. The number of carbonyl (C=O) groups is 2. The van der Waals surface area contributed by atoms with Crippen molar-refractivity contribution < 1.29 is 14.3 Å². The van der Waals surface area contributed by atoms with Crippen LogP contribution in [-0.4, -0.2) is 49.8 Å². The molecule has 0 radical (unpaired) electrons. The number of amides is 2. The number of carbonyl (C=O) groups excluding carboxylic acids is 2. The van der Waals surface area contributed by atoms with Crippen molar-refractivity contribution in [3.8, 4) is 17.0 Å². The summed E-state index contributed by atoms with van der Waals surface area (Å²) in [5.41, 5.74) is 3.95. The Kier molecular flexibility index (Phi) is 8.55. The molecular formula is C33H32N6O3S. The zero-order valence-electron chi connectivity index (χ0n) is 23.8. The van der Waals surface area contributed by atoms with Gasteiger partial charge in [-0.15, -0.1) is 16.4 Å². The van der Waals surface area contributed by atoms with Crippen LogP contribution in [-0.2, 0) is 22.7 Å². The van der Waals surface area contributed by atoms with Gasteiger partial charge in [-0.3, -0.25) is 9.59 Å². The average Bonchev–Trinajstić information content (AvgIpc) is 3.69. The summed E-state index contributed by atoms with van der Waals surface area (Å²) in [6.07, 6.45) is 6.58. The number of hydrogen-bond acceptors (Lipinski definition) is 7. The molecule has 2 heterocycles. The Morgan fingerprint density at radius 2 is 1.84 bits per heavy atom. The Morgan fingerprint density at radius 3 is 2.60 bits per heavy atom. The molecule has 1 aliphatic rings. The standard InChI is InChI=1S/C33H32N6O3S/c1-42-26-18-16-25(17-19-26)34-33(41)32(24-12-6-3-7-13-24)38(20-30-35-28(22-43-30)23-10-4-2-5-11-23)31(40)21-39-29-15-9-8-14-27(29)36-37-39/h2-6,8-11,14-19,22,24,32H,7,12-13,20-21H2,1H3,(H,34,41). The topological polar surface area (TPSA) is 102 Å². The fraction of sp³-hybridized carbons (Fsp3) is 0.242. The minimum absolute atomic E-state index is 0.0493. The second-order valence-corrected chi connectivity index (χ2v) is 11.4. The Morgan fingerprint density at radius 1 is 1.05 bits per heavy atom. The van der Waals surface area contributed by atoms with Gasteiger partial charge in [0.15, 0.2) is 0 Å². The minimum Gasteiger partial charge on any atom is -0.497 e. The van der Waals surface area contributed by atoms with Crippen molar-refractivity contribution >= 4 is 39.9 Å². The van der Waals surface area contributed by atoms with Gasteiger partial charge in [-0.25, -0.2) is 9.67 Å². The fourth-order valence-corrected chi connectivity index (χ4v) is 6.27. The molecule has 1 N–H and O–H groups in total. The lowest BCUT2D eigenvalue weighted by Crippen LogP contribution is -2.52. The lowest BCUT2D eigenvalue weighted by atomic mass is 9.86. The third-order valence-electron chi connectivity index (χ3n) is 7.67. The van der Waals surface area contributed by atoms with Gasteiger partial charge >= 0.3 is 0 Å². The van der Waals surface area contributed by atoms with E-state index in [0.717, 1.165) is 34.6 Å². The van der Waals surface area contributed by atoms with Gasteiger partial charge in [0.1, 0.15) is 28.9 Å². The highest BCUT2D eigenvalue weighted by molar-refractivity contribution is 7.09. The number of para-hydroxylation sites is 1. The molecule has 218 valence electrons. The van der Waals surface area contributed by atoms with E-state index in [0.29, 0.717) is 23.4 Å². The molecular weight excluding hydrogens is 560 g/mol. The SMILES string of the molecule is COc1ccc(NC(=O)C(C2CC=CCC2)N(Cc2nc(-c3ccccc3)cs2)C(=O)Cn2nnc3ccccc32)cc1. The summed E-state index contributed by atoms with van der Waals surface area (Å²) in [7, 11) is 1.60. The quantitative estimate of drug-likeness (QED) is 0.201. The van der Waals surface area contributed by atoms with Crippen LogP contribution >= 0.6 is 11.3 Å². The second-order valence-electron chi connectivity index (χ2n) is 10.5. The molecule has 0 bridgehead atoms. The number of fused-ring (bicyclic) bond motifs is 1. The van der Waals surface area contributed by atoms with Gasteiger partial charge in [-0.05, 0) is 61.6 Å². The molecule has 2 amide bonds. The van der Waals surface area contributed by atoms with Crippen molar-refractivity contribution in [1.82, 2.24) is 24.9 Å². The molecule has 0 saturated heterocycles. The van der Waals surface area contributed by atoms with Gasteiger partial charge in [-0.2, -0.15) is 0 Å². The first kappa shape index (κ1) is 28.3. The molecule has 6 rings (SSSR count). The third-order valence-corrected chi connectivity index (χ3v) is 8.50. The Balaban J connectivity index is 1.35. The predicted molar refractivity (Wildman–Crippen MR) is 168 cm³/mol. The zero-order valence-corrected chi connectivity index (χ0v) is 24.6. The predicted octanol–water partition coefficient (Wildman–Crippen LogP) is 5.96. The van der Waals surface area contributed by atoms with E-state index in [4.69, 9.17) is 9.72 Å². The summed E-state index contributed by atoms with van der Waals surface area (Å²) in [4.78, 5) is 34.9. The van der Waals surface area contributed by atoms with Crippen molar-refractivity contribution in [3.63, 3.8) is 0 Å². The minimum atomic E-state index is -0.724. The number of aromatic nitrogens is 4. The van der Waals surface area contributed by atoms with Gasteiger partial charge in [0.2, 0.25) is 11.8 Å². The fourth-order valence-electron chi connectivity index (χ4n) is 5.47. The van der Waals surface area contributed by atoms with Crippen LogP contribution in [0.3, 0.4) is 0 Å². The molecule has 2 aromatic heterocycles. The Hall–Kier alpha value is -4.83. The summed E-state index contributed by atoms with van der Waals surface area (Å²) >= 11 is 1.49. The van der Waals surface area contributed by atoms with E-state index in [1.54, 1.807) is 41.0 Å². The number of nitrogens with one attached hydrogen (secondary N) is 1. The zero-order chi connectivity index (χ0) is 29.6. The Bertz CT molecular complexity index is 1730. The molecule has 5 aromatic rings. The highest BCUT2D eigenvalue weighted by Crippen LogP contribution is 2.30. The summed E-state index contributed by atoms with van der Waals surface area (Å²) < 4.78 is 6.87. The molecule has 0 spiro atoms. The van der Waals surface area contributed by atoms with E-state index in [9.17, 15) is 9.59 Å². The van der Waals surface area contributed by atoms with Crippen molar-refractivity contribution in [2.45, 2.75) is 38.4 Å². The number of thiazole rings is 1. The number of benzene rings is 3. The van der Waals surface area contributed by atoms with Crippen molar-refractivity contribution in [2.75, 3.05) is 12.4 Å². The van der Waals surface area contributed by atoms with Crippen LogP contribution in [0.25, 0.3) is 22.3 Å². The van der Waals surface area contributed by atoms with E-state index < -0.39 is 6.04 Å². The molecule has 10 heteroatoms. The van der Waals surface area contributed by atoms with Crippen molar-refractivity contribution in [1.29, 1.82) is 0 Å². The highest BCUT2D eigenvalue weighted by Gasteiger charge is 2.37. The number of allylic oxidation sites excluding steroid dienone is 2. The average molecular weight is 593 g/mol. The first-order valence-corrected chi connectivity index (χ1v) is 15.1. The van der Waals surface area contributed by atoms with Gasteiger partial charge < -0.3 is 15.0 Å². The van der Waals surface area contributed by atoms with Gasteiger partial charge in [-0.1, -0.05) is 59.8 Å². The summed E-state index contributed by atoms with van der Waals surface area (Å²) in [5, 5.41) is 14.3. The maximum Gasteiger partial charge on any atom is 0.247 e. The number of hydrogen-bond donors (Lipinski definition) is 1. The summed E-state index contributed by atoms with van der Waals surface area (Å²) in [6.45, 7) is 0.149. The Labute approximate surface area is 253 Å².